The number of benzene rings is 1. The van der Waals surface area contributed by atoms with Gasteiger partial charge in [-0.1, -0.05) is 19.9 Å². The molecule has 21 heavy (non-hydrogen) atoms. The summed E-state index contributed by atoms with van der Waals surface area (Å²) in [6.07, 6.45) is 0. The maximum atomic E-state index is 11.7. The van der Waals surface area contributed by atoms with Crippen LogP contribution in [0.1, 0.15) is 19.4 Å². The molecular weight excluding hydrogens is 294 g/mol. The normalized spacial score (nSPS) is 11.5. The second-order valence-corrected chi connectivity index (χ2v) is 5.06. The third kappa shape index (κ3) is 6.01. The van der Waals surface area contributed by atoms with Crippen LogP contribution in [-0.2, 0) is 9.59 Å². The number of hydrogen-bond acceptors (Lipinski definition) is 4. The second-order valence-electron chi connectivity index (χ2n) is 5.06. The Kier molecular flexibility index (Phi) is 7.76. The van der Waals surface area contributed by atoms with Crippen molar-refractivity contribution in [3.8, 4) is 5.75 Å². The van der Waals surface area contributed by atoms with Gasteiger partial charge in [-0.05, 0) is 30.5 Å². The summed E-state index contributed by atoms with van der Waals surface area (Å²) in [6.45, 7) is 5.31. The molecule has 0 radical (unpaired) electrons. The Morgan fingerprint density at radius 2 is 1.95 bits per heavy atom. The number of amides is 2. The molecule has 1 atom stereocenters. The highest BCUT2D eigenvalue weighted by Gasteiger charge is 2.17. The smallest absolute Gasteiger partial charge is 0.243 e. The van der Waals surface area contributed by atoms with E-state index in [1.807, 2.05) is 20.8 Å². The quantitative estimate of drug-likeness (QED) is 0.612. The number of phenolic OH excluding ortho intramolecular Hbond substituents is 1. The maximum Gasteiger partial charge on any atom is 0.243 e. The van der Waals surface area contributed by atoms with E-state index < -0.39 is 11.9 Å². The van der Waals surface area contributed by atoms with Crippen molar-refractivity contribution in [1.82, 2.24) is 5.32 Å². The number of halogens is 1. The van der Waals surface area contributed by atoms with Crippen molar-refractivity contribution < 1.29 is 14.7 Å². The van der Waals surface area contributed by atoms with Crippen LogP contribution in [0, 0.1) is 12.8 Å². The molecule has 0 spiro atoms. The minimum atomic E-state index is -0.643. The molecule has 1 aromatic rings. The molecule has 0 bridgehead atoms. The molecule has 0 saturated heterocycles. The Balaban J connectivity index is 0.00000400. The molecule has 1 aromatic carbocycles. The number of hydrogen-bond donors (Lipinski definition) is 4. The number of rotatable bonds is 5. The van der Waals surface area contributed by atoms with Gasteiger partial charge in [0.05, 0.1) is 18.3 Å². The van der Waals surface area contributed by atoms with Gasteiger partial charge in [0.15, 0.2) is 0 Å². The summed E-state index contributed by atoms with van der Waals surface area (Å²) in [4.78, 5) is 23.3. The van der Waals surface area contributed by atoms with Gasteiger partial charge < -0.3 is 21.5 Å². The number of aryl methyl sites for hydroxylation is 1. The number of anilines is 1. The Labute approximate surface area is 130 Å². The van der Waals surface area contributed by atoms with Gasteiger partial charge in [-0.25, -0.2) is 0 Å². The monoisotopic (exact) mass is 315 g/mol. The zero-order valence-electron chi connectivity index (χ0n) is 12.3. The molecule has 7 heteroatoms. The van der Waals surface area contributed by atoms with E-state index in [0.29, 0.717) is 5.69 Å². The van der Waals surface area contributed by atoms with Gasteiger partial charge in [-0.3, -0.25) is 9.59 Å². The molecule has 0 aliphatic rings. The number of nitrogens with one attached hydrogen (secondary N) is 2. The predicted molar refractivity (Wildman–Crippen MR) is 84.5 cm³/mol. The van der Waals surface area contributed by atoms with Crippen molar-refractivity contribution in [1.29, 1.82) is 0 Å². The molecule has 0 saturated carbocycles. The summed E-state index contributed by atoms with van der Waals surface area (Å²) in [5.74, 6) is -0.813. The van der Waals surface area contributed by atoms with Crippen LogP contribution in [0.3, 0.4) is 0 Å². The predicted octanol–water partition coefficient (Wildman–Crippen LogP) is 1.16. The zero-order chi connectivity index (χ0) is 15.3. The van der Waals surface area contributed by atoms with Crippen molar-refractivity contribution in [2.75, 3.05) is 11.9 Å². The number of nitrogens with two attached hydrogens (primary N) is 1. The zero-order valence-corrected chi connectivity index (χ0v) is 13.2. The number of carbonyl (C=O) groups is 2. The van der Waals surface area contributed by atoms with Gasteiger partial charge in [0, 0.05) is 0 Å². The van der Waals surface area contributed by atoms with Crippen LogP contribution in [0.5, 0.6) is 5.75 Å². The standard InChI is InChI=1S/C14H21N3O3.ClH/c1-8(2)13(15)14(20)16-7-12(19)17-10-6-9(3)4-5-11(10)18;/h4-6,8,13,18H,7,15H2,1-3H3,(H,16,20)(H,17,19);1H/t13-;/m0./s1. The maximum absolute atomic E-state index is 11.7. The van der Waals surface area contributed by atoms with Gasteiger partial charge >= 0.3 is 0 Å². The number of carbonyl (C=O) groups excluding carboxylic acids is 2. The number of aromatic hydroxyl groups is 1. The fraction of sp³-hybridized carbons (Fsp3) is 0.429. The molecule has 5 N–H and O–H groups in total. The van der Waals surface area contributed by atoms with Gasteiger partial charge in [0.1, 0.15) is 5.75 Å². The summed E-state index contributed by atoms with van der Waals surface area (Å²) in [5.41, 5.74) is 6.88. The average Bonchev–Trinajstić information content (AvgIpc) is 2.39. The van der Waals surface area contributed by atoms with Crippen LogP contribution in [0.15, 0.2) is 18.2 Å². The molecule has 0 aliphatic carbocycles. The first-order valence-electron chi connectivity index (χ1n) is 6.44. The van der Waals surface area contributed by atoms with Gasteiger partial charge in [0.25, 0.3) is 0 Å². The van der Waals surface area contributed by atoms with Crippen LogP contribution in [0.4, 0.5) is 5.69 Å². The van der Waals surface area contributed by atoms with Gasteiger partial charge in [-0.15, -0.1) is 12.4 Å². The SMILES string of the molecule is Cc1ccc(O)c(NC(=O)CNC(=O)[C@@H](N)C(C)C)c1.Cl. The van der Waals surface area contributed by atoms with Gasteiger partial charge in [0.2, 0.25) is 11.8 Å². The summed E-state index contributed by atoms with van der Waals surface area (Å²) in [6, 6.07) is 4.23. The van der Waals surface area contributed by atoms with Crippen molar-refractivity contribution in [3.63, 3.8) is 0 Å². The molecule has 1 rings (SSSR count). The van der Waals surface area contributed by atoms with Crippen molar-refractivity contribution in [3.05, 3.63) is 23.8 Å². The molecule has 118 valence electrons. The van der Waals surface area contributed by atoms with Crippen molar-refractivity contribution in [2.24, 2.45) is 11.7 Å². The van der Waals surface area contributed by atoms with E-state index in [2.05, 4.69) is 10.6 Å². The summed E-state index contributed by atoms with van der Waals surface area (Å²) in [7, 11) is 0. The molecule has 0 fully saturated rings. The summed E-state index contributed by atoms with van der Waals surface area (Å²) < 4.78 is 0. The minimum Gasteiger partial charge on any atom is -0.506 e. The average molecular weight is 316 g/mol. The van der Waals surface area contributed by atoms with Crippen LogP contribution >= 0.6 is 12.4 Å². The van der Waals surface area contributed by atoms with Crippen LogP contribution in [0.2, 0.25) is 0 Å². The topological polar surface area (TPSA) is 104 Å². The third-order valence-corrected chi connectivity index (χ3v) is 2.87. The fourth-order valence-corrected chi connectivity index (χ4v) is 1.53. The molecular formula is C14H22ClN3O3. The molecule has 0 unspecified atom stereocenters. The lowest BCUT2D eigenvalue weighted by Gasteiger charge is -2.15. The molecule has 2 amide bonds. The molecule has 0 aromatic heterocycles. The highest BCUT2D eigenvalue weighted by Crippen LogP contribution is 2.23. The second kappa shape index (κ2) is 8.49. The van der Waals surface area contributed by atoms with Crippen molar-refractivity contribution in [2.45, 2.75) is 26.8 Å². The molecule has 6 nitrogen and oxygen atoms in total. The van der Waals surface area contributed by atoms with E-state index in [-0.39, 0.29) is 36.5 Å². The minimum absolute atomic E-state index is 0. The first-order chi connectivity index (χ1) is 9.31. The van der Waals surface area contributed by atoms with E-state index >= 15 is 0 Å². The van der Waals surface area contributed by atoms with Crippen molar-refractivity contribution >= 4 is 29.9 Å². The van der Waals surface area contributed by atoms with E-state index in [1.54, 1.807) is 12.1 Å². The molecule has 0 aliphatic heterocycles. The van der Waals surface area contributed by atoms with Crippen LogP contribution in [-0.4, -0.2) is 29.5 Å². The number of phenols is 1. The van der Waals surface area contributed by atoms with Gasteiger partial charge in [-0.2, -0.15) is 0 Å². The Bertz CT molecular complexity index is 506. The van der Waals surface area contributed by atoms with E-state index in [9.17, 15) is 14.7 Å². The highest BCUT2D eigenvalue weighted by atomic mass is 35.5. The molecule has 0 heterocycles. The summed E-state index contributed by atoms with van der Waals surface area (Å²) >= 11 is 0. The summed E-state index contributed by atoms with van der Waals surface area (Å²) in [5, 5.41) is 14.6. The lowest BCUT2D eigenvalue weighted by atomic mass is 10.1. The highest BCUT2D eigenvalue weighted by molar-refractivity contribution is 5.96. The lowest BCUT2D eigenvalue weighted by molar-refractivity contribution is -0.125. The third-order valence-electron chi connectivity index (χ3n) is 2.87. The Morgan fingerprint density at radius 1 is 1.33 bits per heavy atom. The lowest BCUT2D eigenvalue weighted by Crippen LogP contribution is -2.46. The fourth-order valence-electron chi connectivity index (χ4n) is 1.53. The Hall–Kier alpha value is -1.79. The van der Waals surface area contributed by atoms with E-state index in [4.69, 9.17) is 5.73 Å². The van der Waals surface area contributed by atoms with Crippen LogP contribution in [0.25, 0.3) is 0 Å². The van der Waals surface area contributed by atoms with Crippen LogP contribution < -0.4 is 16.4 Å². The van der Waals surface area contributed by atoms with E-state index in [1.165, 1.54) is 6.07 Å². The van der Waals surface area contributed by atoms with E-state index in [0.717, 1.165) is 5.56 Å². The first kappa shape index (κ1) is 19.2. The first-order valence-corrected chi connectivity index (χ1v) is 6.44. The Morgan fingerprint density at radius 3 is 2.52 bits per heavy atom. The largest absolute Gasteiger partial charge is 0.506 e.